The molecule has 0 spiro atoms. The summed E-state index contributed by atoms with van der Waals surface area (Å²) in [6, 6.07) is 0. The molecule has 18 heavy (non-hydrogen) atoms. The average Bonchev–Trinajstić information content (AvgIpc) is 2.37. The van der Waals surface area contributed by atoms with Gasteiger partial charge in [-0.2, -0.15) is 0 Å². The first-order chi connectivity index (χ1) is 8.24. The van der Waals surface area contributed by atoms with Gasteiger partial charge in [0.05, 0.1) is 26.2 Å². The quantitative estimate of drug-likeness (QED) is 0.345. The molecule has 0 N–H and O–H groups in total. The molecule has 0 saturated carbocycles. The van der Waals surface area contributed by atoms with Crippen LogP contribution in [0.15, 0.2) is 0 Å². The zero-order valence-electron chi connectivity index (χ0n) is 13.3. The summed E-state index contributed by atoms with van der Waals surface area (Å²) in [5.74, 6) is 0. The Bertz CT molecular complexity index is 122. The fourth-order valence-electron chi connectivity index (χ4n) is 2.64. The van der Waals surface area contributed by atoms with Gasteiger partial charge in [0.25, 0.3) is 0 Å². The Balaban J connectivity index is 0. The molecule has 0 rings (SSSR count). The molecule has 0 atom stereocenters. The molecule has 0 heterocycles. The van der Waals surface area contributed by atoms with E-state index >= 15 is 0 Å². The number of quaternary nitrogens is 1. The molecule has 2 heteroatoms. The molecule has 0 radical (unpaired) electrons. The zero-order chi connectivity index (χ0) is 13.0. The molecule has 0 aliphatic rings. The van der Waals surface area contributed by atoms with Crippen molar-refractivity contribution in [2.45, 2.75) is 79.1 Å². The van der Waals surface area contributed by atoms with E-state index < -0.39 is 0 Å². The molecule has 0 unspecified atom stereocenters. The minimum Gasteiger partial charge on any atom is -0.324 e. The van der Waals surface area contributed by atoms with Crippen LogP contribution in [0, 0.1) is 0 Å². The van der Waals surface area contributed by atoms with E-state index in [2.05, 4.69) is 27.7 Å². The molecular weight excluding hydrogens is 307 g/mol. The molecule has 0 aromatic carbocycles. The van der Waals surface area contributed by atoms with Crippen LogP contribution in [0.1, 0.15) is 79.1 Å². The van der Waals surface area contributed by atoms with Gasteiger partial charge in [-0.05, 0) is 25.7 Å². The number of unbranched alkanes of at least 4 members (excludes halogenated alkanes) is 4. The van der Waals surface area contributed by atoms with Crippen LogP contribution in [0.2, 0.25) is 0 Å². The van der Waals surface area contributed by atoms with Crippen molar-refractivity contribution in [2.24, 2.45) is 0 Å². The predicted octanol–water partition coefficient (Wildman–Crippen LogP) is 5.00. The SMILES string of the molecule is CCCC[N+](CCCC)(CCCC)CCCC.[Ru]. The zero-order valence-corrected chi connectivity index (χ0v) is 15.0. The molecule has 0 aromatic heterocycles. The van der Waals surface area contributed by atoms with Gasteiger partial charge in [-0.1, -0.05) is 53.4 Å². The molecule has 0 aromatic rings. The van der Waals surface area contributed by atoms with E-state index in [1.54, 1.807) is 0 Å². The van der Waals surface area contributed by atoms with E-state index in [0.717, 1.165) is 0 Å². The van der Waals surface area contributed by atoms with Crippen LogP contribution in [0.25, 0.3) is 0 Å². The maximum atomic E-state index is 2.33. The summed E-state index contributed by atoms with van der Waals surface area (Å²) in [4.78, 5) is 0. The van der Waals surface area contributed by atoms with E-state index in [0.29, 0.717) is 0 Å². The maximum Gasteiger partial charge on any atom is 0.0786 e. The van der Waals surface area contributed by atoms with E-state index in [1.807, 2.05) is 0 Å². The van der Waals surface area contributed by atoms with Gasteiger partial charge in [-0.3, -0.25) is 0 Å². The molecule has 0 amide bonds. The Morgan fingerprint density at radius 2 is 0.722 bits per heavy atom. The third-order valence-corrected chi connectivity index (χ3v) is 3.94. The van der Waals surface area contributed by atoms with E-state index in [1.165, 1.54) is 82.0 Å². The first-order valence-electron chi connectivity index (χ1n) is 8.09. The first kappa shape index (κ1) is 20.9. The van der Waals surface area contributed by atoms with Crippen LogP contribution in [0.5, 0.6) is 0 Å². The minimum atomic E-state index is 0. The Hall–Kier alpha value is 0.583. The number of nitrogens with zero attached hydrogens (tertiary/aromatic N) is 1. The average molecular weight is 344 g/mol. The van der Waals surface area contributed by atoms with Gasteiger partial charge >= 0.3 is 0 Å². The third kappa shape index (κ3) is 9.51. The summed E-state index contributed by atoms with van der Waals surface area (Å²) in [6.07, 6.45) is 11.1. The molecule has 112 valence electrons. The second-order valence-corrected chi connectivity index (χ2v) is 5.65. The van der Waals surface area contributed by atoms with E-state index in [4.69, 9.17) is 0 Å². The first-order valence-corrected chi connectivity index (χ1v) is 8.09. The summed E-state index contributed by atoms with van der Waals surface area (Å²) in [7, 11) is 0. The summed E-state index contributed by atoms with van der Waals surface area (Å²) in [5.41, 5.74) is 0. The van der Waals surface area contributed by atoms with Crippen LogP contribution >= 0.6 is 0 Å². The van der Waals surface area contributed by atoms with Gasteiger partial charge < -0.3 is 4.48 Å². The summed E-state index contributed by atoms with van der Waals surface area (Å²) in [5, 5.41) is 0. The maximum absolute atomic E-state index is 2.33. The molecule has 0 fully saturated rings. The minimum absolute atomic E-state index is 0. The fraction of sp³-hybridized carbons (Fsp3) is 1.00. The molecule has 0 saturated heterocycles. The summed E-state index contributed by atoms with van der Waals surface area (Å²) >= 11 is 0. The molecule has 0 aliphatic carbocycles. The molecular formula is C16H36NRu+. The van der Waals surface area contributed by atoms with Crippen LogP contribution in [-0.4, -0.2) is 30.7 Å². The Morgan fingerprint density at radius 1 is 0.500 bits per heavy atom. The Kier molecular flexibility index (Phi) is 16.3. The van der Waals surface area contributed by atoms with E-state index in [-0.39, 0.29) is 19.5 Å². The van der Waals surface area contributed by atoms with Crippen LogP contribution in [0.3, 0.4) is 0 Å². The normalized spacial score (nSPS) is 11.3. The number of rotatable bonds is 12. The second-order valence-electron chi connectivity index (χ2n) is 5.65. The van der Waals surface area contributed by atoms with Crippen molar-refractivity contribution < 1.29 is 24.0 Å². The summed E-state index contributed by atoms with van der Waals surface area (Å²) < 4.78 is 1.42. The van der Waals surface area contributed by atoms with Crippen molar-refractivity contribution in [3.8, 4) is 0 Å². The van der Waals surface area contributed by atoms with Gasteiger partial charge in [0.1, 0.15) is 0 Å². The fourth-order valence-corrected chi connectivity index (χ4v) is 2.64. The van der Waals surface area contributed by atoms with Crippen molar-refractivity contribution in [1.29, 1.82) is 0 Å². The molecule has 0 aliphatic heterocycles. The van der Waals surface area contributed by atoms with E-state index in [9.17, 15) is 0 Å². The van der Waals surface area contributed by atoms with Crippen LogP contribution < -0.4 is 0 Å². The van der Waals surface area contributed by atoms with Crippen LogP contribution in [0.4, 0.5) is 0 Å². The van der Waals surface area contributed by atoms with Crippen molar-refractivity contribution in [1.82, 2.24) is 0 Å². The Labute approximate surface area is 129 Å². The van der Waals surface area contributed by atoms with Crippen molar-refractivity contribution in [2.75, 3.05) is 26.2 Å². The van der Waals surface area contributed by atoms with Crippen LogP contribution in [-0.2, 0) is 19.5 Å². The predicted molar refractivity (Wildman–Crippen MR) is 79.4 cm³/mol. The standard InChI is InChI=1S/C16H36N.Ru/c1-5-9-13-17(14-10-6-2,15-11-7-3)16-12-8-4;/h5-16H2,1-4H3;/q+1;. The monoisotopic (exact) mass is 344 g/mol. The van der Waals surface area contributed by atoms with Crippen molar-refractivity contribution >= 4 is 0 Å². The Morgan fingerprint density at radius 3 is 0.889 bits per heavy atom. The van der Waals surface area contributed by atoms with Crippen molar-refractivity contribution in [3.63, 3.8) is 0 Å². The third-order valence-electron chi connectivity index (χ3n) is 3.94. The smallest absolute Gasteiger partial charge is 0.0786 e. The van der Waals surface area contributed by atoms with Crippen molar-refractivity contribution in [3.05, 3.63) is 0 Å². The van der Waals surface area contributed by atoms with Gasteiger partial charge in [-0.15, -0.1) is 0 Å². The molecule has 0 bridgehead atoms. The molecule has 1 nitrogen and oxygen atoms in total. The van der Waals surface area contributed by atoms with Gasteiger partial charge in [-0.25, -0.2) is 0 Å². The summed E-state index contributed by atoms with van der Waals surface area (Å²) in [6.45, 7) is 15.0. The number of hydrogen-bond acceptors (Lipinski definition) is 0. The second kappa shape index (κ2) is 14.0. The van der Waals surface area contributed by atoms with Gasteiger partial charge in [0.15, 0.2) is 0 Å². The van der Waals surface area contributed by atoms with Gasteiger partial charge in [0, 0.05) is 19.5 Å². The van der Waals surface area contributed by atoms with Gasteiger partial charge in [0.2, 0.25) is 0 Å². The topological polar surface area (TPSA) is 0 Å². The largest absolute Gasteiger partial charge is 0.324 e. The number of hydrogen-bond donors (Lipinski definition) is 0.